The van der Waals surface area contributed by atoms with Crippen LogP contribution in [0.3, 0.4) is 0 Å². The molecule has 4 nitrogen and oxygen atoms in total. The quantitative estimate of drug-likeness (QED) is 0.743. The Kier molecular flexibility index (Phi) is 3.85. The van der Waals surface area contributed by atoms with E-state index in [1.165, 1.54) is 0 Å². The van der Waals surface area contributed by atoms with Gasteiger partial charge in [0.2, 0.25) is 0 Å². The van der Waals surface area contributed by atoms with Crippen molar-refractivity contribution in [1.29, 1.82) is 0 Å². The van der Waals surface area contributed by atoms with Crippen LogP contribution in [0.2, 0.25) is 0 Å². The Hall–Kier alpha value is 0.250. The zero-order chi connectivity index (χ0) is 9.03. The normalized spacial score (nSPS) is 28.6. The van der Waals surface area contributed by atoms with E-state index in [-0.39, 0.29) is 12.7 Å². The van der Waals surface area contributed by atoms with Crippen LogP contribution in [0.1, 0.15) is 19.3 Å². The zero-order valence-corrected chi connectivity index (χ0v) is 8.23. The van der Waals surface area contributed by atoms with Gasteiger partial charge < -0.3 is 4.74 Å². The Morgan fingerprint density at radius 1 is 1.75 bits per heavy atom. The summed E-state index contributed by atoms with van der Waals surface area (Å²) in [5.74, 6) is 0. The molecule has 1 aliphatic rings. The van der Waals surface area contributed by atoms with Crippen LogP contribution in [-0.2, 0) is 29.2 Å². The highest BCUT2D eigenvalue weighted by molar-refractivity contribution is 8.27. The lowest BCUT2D eigenvalue weighted by Gasteiger charge is -2.07. The van der Waals surface area contributed by atoms with Gasteiger partial charge in [0, 0.05) is 17.8 Å². The molecule has 0 aromatic carbocycles. The van der Waals surface area contributed by atoms with Gasteiger partial charge in [-0.3, -0.25) is 8.74 Å². The van der Waals surface area contributed by atoms with E-state index in [2.05, 4.69) is 15.4 Å². The zero-order valence-electron chi connectivity index (χ0n) is 6.60. The Balaban J connectivity index is 2.09. The van der Waals surface area contributed by atoms with Crippen molar-refractivity contribution in [2.75, 3.05) is 13.2 Å². The van der Waals surface area contributed by atoms with Crippen molar-refractivity contribution in [1.82, 2.24) is 0 Å². The molecule has 0 aromatic heterocycles. The lowest BCUT2D eigenvalue weighted by molar-refractivity contribution is 0.0909. The Labute approximate surface area is 76.9 Å². The maximum atomic E-state index is 10.5. The molecule has 0 spiro atoms. The summed E-state index contributed by atoms with van der Waals surface area (Å²) in [6.07, 6.45) is 2.90. The summed E-state index contributed by atoms with van der Waals surface area (Å²) in [7, 11) is -3.44. The van der Waals surface area contributed by atoms with Crippen molar-refractivity contribution in [2.45, 2.75) is 25.4 Å². The first kappa shape index (κ1) is 10.3. The molecule has 0 bridgehead atoms. The van der Waals surface area contributed by atoms with Gasteiger partial charge in [0.1, 0.15) is 0 Å². The molecule has 1 fully saturated rings. The van der Waals surface area contributed by atoms with Gasteiger partial charge in [-0.15, -0.1) is 0 Å². The van der Waals surface area contributed by atoms with Crippen LogP contribution in [0.15, 0.2) is 0 Å². The second kappa shape index (κ2) is 4.48. The second-order valence-corrected chi connectivity index (χ2v) is 5.03. The van der Waals surface area contributed by atoms with Crippen molar-refractivity contribution in [3.63, 3.8) is 0 Å². The Morgan fingerprint density at radius 3 is 3.00 bits per heavy atom. The van der Waals surface area contributed by atoms with E-state index in [0.717, 1.165) is 19.4 Å². The number of hydrogen-bond donors (Lipinski definition) is 1. The first-order valence-electron chi connectivity index (χ1n) is 3.81. The van der Waals surface area contributed by atoms with Gasteiger partial charge in [-0.25, -0.2) is 0 Å². The van der Waals surface area contributed by atoms with E-state index in [1.807, 2.05) is 0 Å². The minimum Gasteiger partial charge on any atom is -0.378 e. The van der Waals surface area contributed by atoms with Crippen molar-refractivity contribution >= 4 is 20.2 Å². The lowest BCUT2D eigenvalue weighted by Crippen LogP contribution is -2.11. The van der Waals surface area contributed by atoms with Crippen LogP contribution in [0.25, 0.3) is 0 Å². The first-order valence-corrected chi connectivity index (χ1v) is 6.18. The number of ether oxygens (including phenoxy) is 1. The molecule has 0 aromatic rings. The third kappa shape index (κ3) is 4.32. The summed E-state index contributed by atoms with van der Waals surface area (Å²) in [4.78, 5) is 0. The third-order valence-electron chi connectivity index (χ3n) is 1.70. The van der Waals surface area contributed by atoms with E-state index >= 15 is 0 Å². The largest absolute Gasteiger partial charge is 0.378 e. The predicted molar refractivity (Wildman–Crippen MR) is 47.7 cm³/mol. The smallest absolute Gasteiger partial charge is 0.266 e. The van der Waals surface area contributed by atoms with Crippen molar-refractivity contribution < 1.29 is 17.7 Å². The average molecular weight is 212 g/mol. The minimum absolute atomic E-state index is 0.182. The molecule has 12 heavy (non-hydrogen) atoms. The summed E-state index contributed by atoms with van der Waals surface area (Å²) >= 11 is 4.15. The van der Waals surface area contributed by atoms with Gasteiger partial charge in [0.15, 0.2) is 0 Å². The van der Waals surface area contributed by atoms with Crippen LogP contribution in [0.5, 0.6) is 0 Å². The van der Waals surface area contributed by atoms with Gasteiger partial charge >= 0.3 is 0 Å². The van der Waals surface area contributed by atoms with Crippen LogP contribution in [-0.4, -0.2) is 28.1 Å². The molecule has 2 unspecified atom stereocenters. The van der Waals surface area contributed by atoms with E-state index in [4.69, 9.17) is 9.29 Å². The predicted octanol–water partition coefficient (Wildman–Crippen LogP) is 0.706. The van der Waals surface area contributed by atoms with Gasteiger partial charge in [-0.05, 0) is 19.3 Å². The van der Waals surface area contributed by atoms with Crippen LogP contribution in [0.4, 0.5) is 0 Å². The minimum atomic E-state index is -3.44. The molecule has 1 rings (SSSR count). The van der Waals surface area contributed by atoms with E-state index in [0.29, 0.717) is 6.42 Å². The Morgan fingerprint density at radius 2 is 2.50 bits per heavy atom. The fraction of sp³-hybridized carbons (Fsp3) is 1.00. The third-order valence-corrected chi connectivity index (χ3v) is 2.45. The summed E-state index contributed by atoms with van der Waals surface area (Å²) in [6, 6.07) is 0. The molecule has 1 N–H and O–H groups in total. The highest BCUT2D eigenvalue weighted by Crippen LogP contribution is 2.15. The number of rotatable bonds is 4. The molecular weight excluding hydrogens is 200 g/mol. The van der Waals surface area contributed by atoms with Gasteiger partial charge in [-0.1, -0.05) is 0 Å². The summed E-state index contributed by atoms with van der Waals surface area (Å²) in [5, 5.41) is 0. The van der Waals surface area contributed by atoms with E-state index < -0.39 is 9.05 Å². The number of hydrogen-bond acceptors (Lipinski definition) is 4. The molecule has 1 aliphatic heterocycles. The van der Waals surface area contributed by atoms with Crippen LogP contribution in [0, 0.1) is 0 Å². The molecule has 0 saturated carbocycles. The van der Waals surface area contributed by atoms with Gasteiger partial charge in [0.05, 0.1) is 12.7 Å². The molecule has 72 valence electrons. The highest BCUT2D eigenvalue weighted by Gasteiger charge is 2.15. The molecule has 0 radical (unpaired) electrons. The van der Waals surface area contributed by atoms with E-state index in [1.54, 1.807) is 0 Å². The average Bonchev–Trinajstić information content (AvgIpc) is 2.36. The molecule has 1 saturated heterocycles. The van der Waals surface area contributed by atoms with Gasteiger partial charge in [-0.2, -0.15) is 4.21 Å². The van der Waals surface area contributed by atoms with Crippen molar-refractivity contribution in [3.05, 3.63) is 0 Å². The second-order valence-electron chi connectivity index (χ2n) is 2.67. The summed E-state index contributed by atoms with van der Waals surface area (Å²) in [6.45, 7) is 0.983. The molecule has 1 heterocycles. The molecule has 0 amide bonds. The maximum absolute atomic E-state index is 10.5. The van der Waals surface area contributed by atoms with Crippen molar-refractivity contribution in [3.8, 4) is 0 Å². The molecule has 6 heteroatoms. The Bertz CT molecular complexity index is 218. The topological polar surface area (TPSA) is 55.8 Å². The molecular formula is C6H12O4S2. The first-order chi connectivity index (χ1) is 5.58. The molecule has 2 atom stereocenters. The van der Waals surface area contributed by atoms with Crippen LogP contribution < -0.4 is 0 Å². The molecule has 0 aliphatic carbocycles. The lowest BCUT2D eigenvalue weighted by atomic mass is 10.2. The highest BCUT2D eigenvalue weighted by atomic mass is 32.9. The van der Waals surface area contributed by atoms with Crippen LogP contribution >= 0.6 is 0 Å². The summed E-state index contributed by atoms with van der Waals surface area (Å²) < 4.78 is 28.8. The summed E-state index contributed by atoms with van der Waals surface area (Å²) in [5.41, 5.74) is 0. The monoisotopic (exact) mass is 212 g/mol. The fourth-order valence-corrected chi connectivity index (χ4v) is 1.67. The van der Waals surface area contributed by atoms with Crippen molar-refractivity contribution in [2.24, 2.45) is 0 Å². The van der Waals surface area contributed by atoms with E-state index in [9.17, 15) is 4.21 Å². The maximum Gasteiger partial charge on any atom is 0.266 e. The van der Waals surface area contributed by atoms with Gasteiger partial charge in [0.25, 0.3) is 9.05 Å². The fourth-order valence-electron chi connectivity index (χ4n) is 1.16. The SMILES string of the molecule is O=S(O)(=S)OCCC1CCCO1. The standard InChI is InChI=1S/C6H12O4S2/c7-12(8,11)10-5-3-6-2-1-4-9-6/h6H,1-5H2,(H,7,8,11).